The number of hydrogen-bond acceptors (Lipinski definition) is 4. The second-order valence-corrected chi connectivity index (χ2v) is 8.22. The lowest BCUT2D eigenvalue weighted by atomic mass is 10.1. The topological polar surface area (TPSA) is 59.1 Å². The fraction of sp³-hybridized carbons (Fsp3) is 0.158. The van der Waals surface area contributed by atoms with Crippen LogP contribution in [0.25, 0.3) is 0 Å². The third kappa shape index (κ3) is 5.08. The van der Waals surface area contributed by atoms with E-state index in [2.05, 4.69) is 22.4 Å². The first-order valence-corrected chi connectivity index (χ1v) is 10.3. The molecule has 25 heavy (non-hydrogen) atoms. The largest absolute Gasteiger partial charge is 0.298 e. The van der Waals surface area contributed by atoms with Gasteiger partial charge < -0.3 is 0 Å². The zero-order valence-electron chi connectivity index (χ0n) is 13.8. The van der Waals surface area contributed by atoms with E-state index >= 15 is 0 Å². The molecule has 0 spiro atoms. The second kappa shape index (κ2) is 8.18. The summed E-state index contributed by atoms with van der Waals surface area (Å²) in [6, 6.07) is 17.3. The molecule has 0 radical (unpaired) electrons. The van der Waals surface area contributed by atoms with Crippen molar-refractivity contribution in [3.05, 3.63) is 82.4 Å². The SMILES string of the molecule is CS(=O)Cc1cccc(C(=O)Nc2ncc(Cc3ccccc3)s2)c1. The molecule has 1 heterocycles. The first kappa shape index (κ1) is 17.5. The molecule has 1 atom stereocenters. The molecular formula is C19H18N2O2S2. The van der Waals surface area contributed by atoms with E-state index in [0.717, 1.165) is 16.9 Å². The number of aromatic nitrogens is 1. The predicted molar refractivity (Wildman–Crippen MR) is 104 cm³/mol. The van der Waals surface area contributed by atoms with Crippen LogP contribution >= 0.6 is 11.3 Å². The molecule has 3 rings (SSSR count). The Morgan fingerprint density at radius 2 is 1.88 bits per heavy atom. The molecule has 3 aromatic rings. The molecule has 0 aliphatic rings. The Balaban J connectivity index is 1.66. The lowest BCUT2D eigenvalue weighted by molar-refractivity contribution is 0.102. The number of amides is 1. The van der Waals surface area contributed by atoms with Gasteiger partial charge in [0.05, 0.1) is 0 Å². The van der Waals surface area contributed by atoms with Gasteiger partial charge in [-0.25, -0.2) is 4.98 Å². The van der Waals surface area contributed by atoms with E-state index in [1.165, 1.54) is 16.9 Å². The van der Waals surface area contributed by atoms with Crippen molar-refractivity contribution in [3.63, 3.8) is 0 Å². The van der Waals surface area contributed by atoms with Gasteiger partial charge in [0.2, 0.25) is 0 Å². The van der Waals surface area contributed by atoms with Crippen molar-refractivity contribution in [2.24, 2.45) is 0 Å². The van der Waals surface area contributed by atoms with Gasteiger partial charge in [-0.1, -0.05) is 42.5 Å². The van der Waals surface area contributed by atoms with Crippen LogP contribution in [0.15, 0.2) is 60.8 Å². The summed E-state index contributed by atoms with van der Waals surface area (Å²) in [6.07, 6.45) is 4.24. The first-order chi connectivity index (χ1) is 12.1. The van der Waals surface area contributed by atoms with Crippen LogP contribution in [0, 0.1) is 0 Å². The standard InChI is InChI=1S/C19H18N2O2S2/c1-25(23)13-15-8-5-9-16(10-15)18(22)21-19-20-12-17(24-19)11-14-6-3-2-4-7-14/h2-10,12H,11,13H2,1H3,(H,20,21,22). The maximum Gasteiger partial charge on any atom is 0.257 e. The maximum atomic E-state index is 12.4. The van der Waals surface area contributed by atoms with E-state index in [9.17, 15) is 9.00 Å². The van der Waals surface area contributed by atoms with Crippen molar-refractivity contribution in [2.75, 3.05) is 11.6 Å². The summed E-state index contributed by atoms with van der Waals surface area (Å²) in [5.41, 5.74) is 2.64. The molecule has 4 nitrogen and oxygen atoms in total. The first-order valence-electron chi connectivity index (χ1n) is 7.79. The third-order valence-electron chi connectivity index (χ3n) is 3.55. The molecular weight excluding hydrogens is 352 g/mol. The van der Waals surface area contributed by atoms with Gasteiger partial charge in [-0.05, 0) is 23.3 Å². The Hall–Kier alpha value is -2.31. The highest BCUT2D eigenvalue weighted by molar-refractivity contribution is 7.83. The average molecular weight is 370 g/mol. The van der Waals surface area contributed by atoms with Crippen LogP contribution in [0.2, 0.25) is 0 Å². The number of hydrogen-bond donors (Lipinski definition) is 1. The van der Waals surface area contributed by atoms with Crippen molar-refractivity contribution in [3.8, 4) is 0 Å². The second-order valence-electron chi connectivity index (χ2n) is 5.67. The lowest BCUT2D eigenvalue weighted by Gasteiger charge is -2.04. The normalized spacial score (nSPS) is 11.9. The van der Waals surface area contributed by atoms with Crippen LogP contribution in [-0.2, 0) is 23.0 Å². The van der Waals surface area contributed by atoms with Crippen molar-refractivity contribution in [2.45, 2.75) is 12.2 Å². The minimum Gasteiger partial charge on any atom is -0.298 e. The van der Waals surface area contributed by atoms with E-state index in [1.54, 1.807) is 30.7 Å². The quantitative estimate of drug-likeness (QED) is 0.717. The maximum absolute atomic E-state index is 12.4. The number of benzene rings is 2. The van der Waals surface area contributed by atoms with Crippen LogP contribution in [-0.4, -0.2) is 21.4 Å². The highest BCUT2D eigenvalue weighted by Gasteiger charge is 2.10. The van der Waals surface area contributed by atoms with E-state index < -0.39 is 10.8 Å². The number of carbonyl (C=O) groups excluding carboxylic acids is 1. The number of anilines is 1. The number of rotatable bonds is 6. The van der Waals surface area contributed by atoms with Crippen molar-refractivity contribution in [1.29, 1.82) is 0 Å². The minimum absolute atomic E-state index is 0.204. The van der Waals surface area contributed by atoms with Gasteiger partial charge in [0.25, 0.3) is 5.91 Å². The smallest absolute Gasteiger partial charge is 0.257 e. The fourth-order valence-electron chi connectivity index (χ4n) is 2.45. The van der Waals surface area contributed by atoms with E-state index in [4.69, 9.17) is 0 Å². The molecule has 0 aliphatic heterocycles. The molecule has 0 fully saturated rings. The number of thiazole rings is 1. The number of carbonyl (C=O) groups is 1. The lowest BCUT2D eigenvalue weighted by Crippen LogP contribution is -2.12. The zero-order chi connectivity index (χ0) is 17.6. The summed E-state index contributed by atoms with van der Waals surface area (Å²) in [5, 5.41) is 3.42. The van der Waals surface area contributed by atoms with Gasteiger partial charge in [0.1, 0.15) is 0 Å². The van der Waals surface area contributed by atoms with Crippen molar-refractivity contribution in [1.82, 2.24) is 4.98 Å². The molecule has 128 valence electrons. The highest BCUT2D eigenvalue weighted by Crippen LogP contribution is 2.22. The summed E-state index contributed by atoms with van der Waals surface area (Å²) in [5.74, 6) is 0.240. The average Bonchev–Trinajstić information content (AvgIpc) is 3.02. The van der Waals surface area contributed by atoms with E-state index in [-0.39, 0.29) is 5.91 Å². The molecule has 1 aromatic heterocycles. The number of nitrogens with zero attached hydrogens (tertiary/aromatic N) is 1. The Morgan fingerprint density at radius 1 is 1.12 bits per heavy atom. The summed E-state index contributed by atoms with van der Waals surface area (Å²) in [7, 11) is -0.934. The molecule has 6 heteroatoms. The molecule has 0 saturated carbocycles. The van der Waals surface area contributed by atoms with Crippen molar-refractivity contribution >= 4 is 33.2 Å². The molecule has 2 aromatic carbocycles. The monoisotopic (exact) mass is 370 g/mol. The molecule has 0 saturated heterocycles. The zero-order valence-corrected chi connectivity index (χ0v) is 15.4. The summed E-state index contributed by atoms with van der Waals surface area (Å²) in [6.45, 7) is 0. The van der Waals surface area contributed by atoms with E-state index in [0.29, 0.717) is 16.4 Å². The van der Waals surface area contributed by atoms with Gasteiger partial charge >= 0.3 is 0 Å². The van der Waals surface area contributed by atoms with Crippen LogP contribution < -0.4 is 5.32 Å². The van der Waals surface area contributed by atoms with Crippen LogP contribution in [0.4, 0.5) is 5.13 Å². The summed E-state index contributed by atoms with van der Waals surface area (Å²) < 4.78 is 11.3. The van der Waals surface area contributed by atoms with Gasteiger partial charge in [-0.3, -0.25) is 14.3 Å². The van der Waals surface area contributed by atoms with Gasteiger partial charge in [-0.15, -0.1) is 11.3 Å². The fourth-order valence-corrected chi connectivity index (χ4v) is 3.94. The van der Waals surface area contributed by atoms with E-state index in [1.807, 2.05) is 24.3 Å². The summed E-state index contributed by atoms with van der Waals surface area (Å²) in [4.78, 5) is 17.8. The third-order valence-corrected chi connectivity index (χ3v) is 5.21. The molecule has 1 amide bonds. The van der Waals surface area contributed by atoms with Crippen molar-refractivity contribution < 1.29 is 9.00 Å². The van der Waals surface area contributed by atoms with Gasteiger partial charge in [-0.2, -0.15) is 0 Å². The Bertz CT molecular complexity index is 891. The molecule has 1 unspecified atom stereocenters. The minimum atomic E-state index is -0.934. The Morgan fingerprint density at radius 3 is 2.64 bits per heavy atom. The highest BCUT2D eigenvalue weighted by atomic mass is 32.2. The van der Waals surface area contributed by atoms with Crippen LogP contribution in [0.5, 0.6) is 0 Å². The predicted octanol–water partition coefficient (Wildman–Crippen LogP) is 3.86. The molecule has 1 N–H and O–H groups in total. The van der Waals surface area contributed by atoms with Gasteiger partial charge in [0, 0.05) is 45.9 Å². The Kier molecular flexibility index (Phi) is 5.73. The van der Waals surface area contributed by atoms with Crippen LogP contribution in [0.3, 0.4) is 0 Å². The molecule has 0 bridgehead atoms. The van der Waals surface area contributed by atoms with Gasteiger partial charge in [0.15, 0.2) is 5.13 Å². The molecule has 0 aliphatic carbocycles. The van der Waals surface area contributed by atoms with Crippen LogP contribution in [0.1, 0.15) is 26.4 Å². The Labute approximate surface area is 153 Å². The number of nitrogens with one attached hydrogen (secondary N) is 1. The summed E-state index contributed by atoms with van der Waals surface area (Å²) >= 11 is 1.47.